The van der Waals surface area contributed by atoms with Gasteiger partial charge in [-0.2, -0.15) is 0 Å². The van der Waals surface area contributed by atoms with Crippen LogP contribution in [0, 0.1) is 5.41 Å². The van der Waals surface area contributed by atoms with Gasteiger partial charge in [-0.15, -0.1) is 11.3 Å². The van der Waals surface area contributed by atoms with Crippen molar-refractivity contribution in [3.63, 3.8) is 0 Å². The van der Waals surface area contributed by atoms with Gasteiger partial charge in [0, 0.05) is 16.3 Å². The van der Waals surface area contributed by atoms with Gasteiger partial charge in [0.25, 0.3) is 5.91 Å². The number of aliphatic hydroxyl groups is 1. The van der Waals surface area contributed by atoms with Gasteiger partial charge < -0.3 is 10.4 Å². The maximum Gasteiger partial charge on any atom is 0.261 e. The summed E-state index contributed by atoms with van der Waals surface area (Å²) in [6.07, 6.45) is 3.85. The average Bonchev–Trinajstić information content (AvgIpc) is 2.88. The Hall–Kier alpha value is -0.870. The third kappa shape index (κ3) is 1.79. The molecule has 1 aromatic rings. The normalized spacial score (nSPS) is 28.6. The second-order valence-corrected chi connectivity index (χ2v) is 7.15. The Morgan fingerprint density at radius 3 is 2.89 bits per heavy atom. The second kappa shape index (κ2) is 4.07. The first-order valence-electron chi connectivity index (χ1n) is 6.59. The van der Waals surface area contributed by atoms with Crippen LogP contribution >= 0.6 is 11.3 Å². The minimum Gasteiger partial charge on any atom is -0.392 e. The van der Waals surface area contributed by atoms with Crippen LogP contribution in [0.1, 0.15) is 46.8 Å². The summed E-state index contributed by atoms with van der Waals surface area (Å²) in [7, 11) is 0. The third-order valence-electron chi connectivity index (χ3n) is 4.49. The first-order valence-corrected chi connectivity index (χ1v) is 7.40. The standard InChI is InChI=1S/C14H19NO2S/c1-14(2)11(7-12(14)16)15-13(17)10-6-8-4-3-5-9(8)18-10/h6,11-12,16H,3-5,7H2,1-2H3,(H,15,17). The highest BCUT2D eigenvalue weighted by atomic mass is 32.1. The highest BCUT2D eigenvalue weighted by Crippen LogP contribution is 2.40. The Morgan fingerprint density at radius 1 is 1.50 bits per heavy atom. The molecule has 1 fully saturated rings. The number of amides is 1. The summed E-state index contributed by atoms with van der Waals surface area (Å²) in [4.78, 5) is 14.4. The summed E-state index contributed by atoms with van der Waals surface area (Å²) in [5, 5.41) is 12.7. The Bertz CT molecular complexity index is 470. The van der Waals surface area contributed by atoms with E-state index in [2.05, 4.69) is 5.32 Å². The maximum atomic E-state index is 12.2. The van der Waals surface area contributed by atoms with Crippen LogP contribution in [0.5, 0.6) is 0 Å². The Kier molecular flexibility index (Phi) is 2.75. The predicted molar refractivity (Wildman–Crippen MR) is 72.0 cm³/mol. The summed E-state index contributed by atoms with van der Waals surface area (Å²) < 4.78 is 0. The molecule has 18 heavy (non-hydrogen) atoms. The fraction of sp³-hybridized carbons (Fsp3) is 0.643. The third-order valence-corrected chi connectivity index (χ3v) is 5.73. The van der Waals surface area contributed by atoms with Gasteiger partial charge in [0.1, 0.15) is 0 Å². The van der Waals surface area contributed by atoms with Crippen molar-refractivity contribution >= 4 is 17.2 Å². The minimum atomic E-state index is -0.295. The van der Waals surface area contributed by atoms with Crippen LogP contribution in [0.3, 0.4) is 0 Å². The van der Waals surface area contributed by atoms with Gasteiger partial charge in [-0.05, 0) is 37.3 Å². The summed E-state index contributed by atoms with van der Waals surface area (Å²) >= 11 is 1.63. The number of carbonyl (C=O) groups is 1. The molecule has 1 heterocycles. The molecule has 3 nitrogen and oxygen atoms in total. The van der Waals surface area contributed by atoms with Crippen LogP contribution in [0.2, 0.25) is 0 Å². The van der Waals surface area contributed by atoms with Crippen LogP contribution in [-0.2, 0) is 12.8 Å². The van der Waals surface area contributed by atoms with E-state index in [1.54, 1.807) is 11.3 Å². The quantitative estimate of drug-likeness (QED) is 0.860. The number of rotatable bonds is 2. The lowest BCUT2D eigenvalue weighted by Gasteiger charge is -2.49. The van der Waals surface area contributed by atoms with Crippen molar-refractivity contribution in [2.75, 3.05) is 0 Å². The molecule has 0 aromatic carbocycles. The molecular formula is C14H19NO2S. The summed E-state index contributed by atoms with van der Waals surface area (Å²) in [5.74, 6) is 0.0272. The zero-order valence-corrected chi connectivity index (χ0v) is 11.6. The first-order chi connectivity index (χ1) is 8.48. The van der Waals surface area contributed by atoms with Crippen LogP contribution in [0.4, 0.5) is 0 Å². The number of hydrogen-bond acceptors (Lipinski definition) is 3. The van der Waals surface area contributed by atoms with E-state index in [4.69, 9.17) is 0 Å². The van der Waals surface area contributed by atoms with Crippen molar-refractivity contribution in [2.24, 2.45) is 5.41 Å². The Morgan fingerprint density at radius 2 is 2.28 bits per heavy atom. The highest BCUT2D eigenvalue weighted by molar-refractivity contribution is 7.14. The van der Waals surface area contributed by atoms with Crippen molar-refractivity contribution in [3.8, 4) is 0 Å². The molecule has 0 radical (unpaired) electrons. The number of fused-ring (bicyclic) bond motifs is 1. The van der Waals surface area contributed by atoms with Crippen molar-refractivity contribution in [2.45, 2.75) is 51.7 Å². The van der Waals surface area contributed by atoms with Gasteiger partial charge in [-0.3, -0.25) is 4.79 Å². The summed E-state index contributed by atoms with van der Waals surface area (Å²) in [6.45, 7) is 4.00. The molecule has 3 rings (SSSR count). The van der Waals surface area contributed by atoms with Crippen LogP contribution < -0.4 is 5.32 Å². The zero-order valence-electron chi connectivity index (χ0n) is 10.8. The summed E-state index contributed by atoms with van der Waals surface area (Å²) in [5.41, 5.74) is 1.16. The molecule has 1 saturated carbocycles. The monoisotopic (exact) mass is 265 g/mol. The SMILES string of the molecule is CC1(C)C(O)CC1NC(=O)c1cc2c(s1)CCC2. The van der Waals surface area contributed by atoms with Crippen LogP contribution in [0.15, 0.2) is 6.07 Å². The molecule has 1 aromatic heterocycles. The van der Waals surface area contributed by atoms with E-state index in [9.17, 15) is 9.90 Å². The number of nitrogens with one attached hydrogen (secondary N) is 1. The van der Waals surface area contributed by atoms with E-state index in [0.29, 0.717) is 6.42 Å². The average molecular weight is 265 g/mol. The van der Waals surface area contributed by atoms with Crippen molar-refractivity contribution in [1.29, 1.82) is 0 Å². The maximum absolute atomic E-state index is 12.2. The number of hydrogen-bond donors (Lipinski definition) is 2. The molecule has 2 aliphatic carbocycles. The fourth-order valence-corrected chi connectivity index (χ4v) is 3.97. The number of thiophene rings is 1. The lowest BCUT2D eigenvalue weighted by atomic mass is 9.64. The minimum absolute atomic E-state index is 0.0272. The molecule has 0 saturated heterocycles. The fourth-order valence-electron chi connectivity index (χ4n) is 2.82. The van der Waals surface area contributed by atoms with Gasteiger partial charge in [-0.1, -0.05) is 13.8 Å². The highest BCUT2D eigenvalue weighted by Gasteiger charge is 2.48. The lowest BCUT2D eigenvalue weighted by Crippen LogP contribution is -2.61. The second-order valence-electron chi connectivity index (χ2n) is 6.01. The van der Waals surface area contributed by atoms with Gasteiger partial charge in [0.2, 0.25) is 0 Å². The van der Waals surface area contributed by atoms with E-state index in [1.807, 2.05) is 19.9 Å². The molecule has 4 heteroatoms. The van der Waals surface area contributed by atoms with Crippen molar-refractivity contribution in [3.05, 3.63) is 21.4 Å². The van der Waals surface area contributed by atoms with Crippen LogP contribution in [0.25, 0.3) is 0 Å². The molecule has 1 amide bonds. The molecule has 2 N–H and O–H groups in total. The van der Waals surface area contributed by atoms with E-state index < -0.39 is 0 Å². The molecule has 98 valence electrons. The number of carbonyl (C=O) groups excluding carboxylic acids is 1. The van der Waals surface area contributed by atoms with Crippen LogP contribution in [-0.4, -0.2) is 23.2 Å². The molecule has 2 aliphatic rings. The predicted octanol–water partition coefficient (Wildman–Crippen LogP) is 2.13. The first kappa shape index (κ1) is 12.2. The smallest absolute Gasteiger partial charge is 0.261 e. The van der Waals surface area contributed by atoms with E-state index in [-0.39, 0.29) is 23.5 Å². The largest absolute Gasteiger partial charge is 0.392 e. The molecule has 2 atom stereocenters. The van der Waals surface area contributed by atoms with E-state index >= 15 is 0 Å². The van der Waals surface area contributed by atoms with E-state index in [1.165, 1.54) is 16.9 Å². The molecule has 0 bridgehead atoms. The summed E-state index contributed by atoms with van der Waals surface area (Å²) in [6, 6.07) is 2.14. The molecular weight excluding hydrogens is 246 g/mol. The lowest BCUT2D eigenvalue weighted by molar-refractivity contribution is -0.0689. The molecule has 2 unspecified atom stereocenters. The molecule has 0 aliphatic heterocycles. The Labute approximate surface area is 111 Å². The zero-order chi connectivity index (χ0) is 12.9. The number of aryl methyl sites for hydroxylation is 2. The van der Waals surface area contributed by atoms with Gasteiger partial charge in [0.15, 0.2) is 0 Å². The van der Waals surface area contributed by atoms with E-state index in [0.717, 1.165) is 17.7 Å². The van der Waals surface area contributed by atoms with Crippen molar-refractivity contribution < 1.29 is 9.90 Å². The van der Waals surface area contributed by atoms with Gasteiger partial charge in [-0.25, -0.2) is 0 Å². The van der Waals surface area contributed by atoms with Crippen molar-refractivity contribution in [1.82, 2.24) is 5.32 Å². The Balaban J connectivity index is 1.68. The topological polar surface area (TPSA) is 49.3 Å². The molecule has 0 spiro atoms. The number of aliphatic hydroxyl groups excluding tert-OH is 1. The van der Waals surface area contributed by atoms with Gasteiger partial charge >= 0.3 is 0 Å². The van der Waals surface area contributed by atoms with Gasteiger partial charge in [0.05, 0.1) is 11.0 Å².